The van der Waals surface area contributed by atoms with Gasteiger partial charge in [0.2, 0.25) is 5.91 Å². The Hall–Kier alpha value is -3.00. The lowest BCUT2D eigenvalue weighted by atomic mass is 9.97. The molecule has 7 nitrogen and oxygen atoms in total. The van der Waals surface area contributed by atoms with Crippen molar-refractivity contribution >= 4 is 38.8 Å². The van der Waals surface area contributed by atoms with Crippen LogP contribution in [-0.2, 0) is 30.6 Å². The summed E-state index contributed by atoms with van der Waals surface area (Å²) in [4.78, 5) is 32.2. The summed E-state index contributed by atoms with van der Waals surface area (Å²) >= 11 is 1.69. The zero-order chi connectivity index (χ0) is 20.0. The number of rotatable bonds is 4. The molecular formula is C21H21N5O2S. The third-order valence-electron chi connectivity index (χ3n) is 5.50. The highest BCUT2D eigenvalue weighted by Crippen LogP contribution is 2.36. The fraction of sp³-hybridized carbons (Fsp3) is 0.333. The van der Waals surface area contributed by atoms with Gasteiger partial charge in [0.25, 0.3) is 0 Å². The zero-order valence-corrected chi connectivity index (χ0v) is 17.0. The number of anilines is 1. The highest BCUT2D eigenvalue weighted by atomic mass is 32.1. The van der Waals surface area contributed by atoms with Crippen LogP contribution in [0.25, 0.3) is 15.9 Å². The quantitative estimate of drug-likeness (QED) is 0.563. The van der Waals surface area contributed by atoms with Crippen molar-refractivity contribution in [2.24, 2.45) is 0 Å². The monoisotopic (exact) mass is 407 g/mol. The van der Waals surface area contributed by atoms with Gasteiger partial charge in [-0.1, -0.05) is 25.1 Å². The number of amides is 1. The summed E-state index contributed by atoms with van der Waals surface area (Å²) in [5, 5.41) is 8.39. The Labute approximate surface area is 171 Å². The SMILES string of the molecule is CCc1ccccc1NC(=O)Cn1nc2c3c4c(sc3ncn2c1=O)CCCC4. The number of aryl methyl sites for hydroxylation is 3. The fourth-order valence-electron chi connectivity index (χ4n) is 4.06. The summed E-state index contributed by atoms with van der Waals surface area (Å²) in [5.74, 6) is -0.270. The molecule has 1 amide bonds. The lowest BCUT2D eigenvalue weighted by Crippen LogP contribution is -2.28. The van der Waals surface area contributed by atoms with Crippen molar-refractivity contribution in [3.63, 3.8) is 0 Å². The molecule has 3 heterocycles. The minimum atomic E-state index is -0.343. The predicted octanol–water partition coefficient (Wildman–Crippen LogP) is 3.19. The van der Waals surface area contributed by atoms with Crippen LogP contribution in [-0.4, -0.2) is 25.1 Å². The van der Waals surface area contributed by atoms with Gasteiger partial charge in [-0.25, -0.2) is 18.9 Å². The van der Waals surface area contributed by atoms with E-state index in [4.69, 9.17) is 0 Å². The van der Waals surface area contributed by atoms with Gasteiger partial charge in [0.1, 0.15) is 17.7 Å². The van der Waals surface area contributed by atoms with Gasteiger partial charge < -0.3 is 5.32 Å². The Balaban J connectivity index is 1.51. The van der Waals surface area contributed by atoms with Crippen LogP contribution < -0.4 is 11.0 Å². The van der Waals surface area contributed by atoms with Gasteiger partial charge in [0.05, 0.1) is 5.39 Å². The highest BCUT2D eigenvalue weighted by Gasteiger charge is 2.22. The summed E-state index contributed by atoms with van der Waals surface area (Å²) < 4.78 is 2.68. The number of nitrogens with zero attached hydrogens (tertiary/aromatic N) is 4. The van der Waals surface area contributed by atoms with Gasteiger partial charge in [-0.3, -0.25) is 4.79 Å². The van der Waals surface area contributed by atoms with Crippen molar-refractivity contribution in [2.75, 3.05) is 5.32 Å². The maximum absolute atomic E-state index is 12.8. The molecule has 0 atom stereocenters. The molecule has 3 aromatic heterocycles. The second kappa shape index (κ2) is 7.11. The summed E-state index contributed by atoms with van der Waals surface area (Å²) in [6.07, 6.45) is 6.73. The molecule has 0 spiro atoms. The molecule has 5 rings (SSSR count). The van der Waals surface area contributed by atoms with E-state index >= 15 is 0 Å². The number of fused-ring (bicyclic) bond motifs is 5. The molecular weight excluding hydrogens is 386 g/mol. The van der Waals surface area contributed by atoms with Crippen LogP contribution in [0.2, 0.25) is 0 Å². The summed E-state index contributed by atoms with van der Waals surface area (Å²) in [5.41, 5.74) is 3.35. The summed E-state index contributed by atoms with van der Waals surface area (Å²) in [7, 11) is 0. The molecule has 1 N–H and O–H groups in total. The van der Waals surface area contributed by atoms with E-state index in [2.05, 4.69) is 15.4 Å². The van der Waals surface area contributed by atoms with Crippen molar-refractivity contribution in [3.05, 3.63) is 57.1 Å². The van der Waals surface area contributed by atoms with Crippen LogP contribution in [0.15, 0.2) is 35.4 Å². The number of aromatic nitrogens is 4. The summed E-state index contributed by atoms with van der Waals surface area (Å²) in [6, 6.07) is 7.68. The molecule has 0 aliphatic heterocycles. The Bertz CT molecular complexity index is 1300. The summed E-state index contributed by atoms with van der Waals surface area (Å²) in [6.45, 7) is 1.91. The molecule has 1 aromatic carbocycles. The number of nitrogens with one attached hydrogen (secondary N) is 1. The molecule has 0 bridgehead atoms. The number of para-hydroxylation sites is 1. The maximum atomic E-state index is 12.8. The molecule has 1 aliphatic rings. The molecule has 148 valence electrons. The highest BCUT2D eigenvalue weighted by molar-refractivity contribution is 7.19. The van der Waals surface area contributed by atoms with Crippen molar-refractivity contribution < 1.29 is 4.79 Å². The van der Waals surface area contributed by atoms with Gasteiger partial charge >= 0.3 is 5.69 Å². The molecule has 29 heavy (non-hydrogen) atoms. The van der Waals surface area contributed by atoms with E-state index in [-0.39, 0.29) is 18.1 Å². The Kier molecular flexibility index (Phi) is 4.43. The van der Waals surface area contributed by atoms with Crippen molar-refractivity contribution in [1.29, 1.82) is 0 Å². The third-order valence-corrected chi connectivity index (χ3v) is 6.70. The van der Waals surface area contributed by atoms with E-state index in [1.54, 1.807) is 11.3 Å². The number of thiophene rings is 1. The van der Waals surface area contributed by atoms with Crippen LogP contribution in [0.3, 0.4) is 0 Å². The largest absolute Gasteiger partial charge is 0.352 e. The molecule has 0 fully saturated rings. The Morgan fingerprint density at radius 2 is 2.07 bits per heavy atom. The molecule has 0 radical (unpaired) electrons. The smallest absolute Gasteiger partial charge is 0.324 e. The Morgan fingerprint density at radius 3 is 2.93 bits per heavy atom. The first-order chi connectivity index (χ1) is 14.2. The predicted molar refractivity (Wildman–Crippen MR) is 114 cm³/mol. The Morgan fingerprint density at radius 1 is 1.24 bits per heavy atom. The maximum Gasteiger partial charge on any atom is 0.352 e. The number of benzene rings is 1. The fourth-order valence-corrected chi connectivity index (χ4v) is 5.28. The zero-order valence-electron chi connectivity index (χ0n) is 16.1. The van der Waals surface area contributed by atoms with Crippen molar-refractivity contribution in [1.82, 2.24) is 19.2 Å². The first kappa shape index (κ1) is 18.1. The van der Waals surface area contributed by atoms with Crippen LogP contribution in [0, 0.1) is 0 Å². The molecule has 1 aliphatic carbocycles. The lowest BCUT2D eigenvalue weighted by molar-refractivity contribution is -0.117. The van der Waals surface area contributed by atoms with Crippen LogP contribution in [0.4, 0.5) is 5.69 Å². The van der Waals surface area contributed by atoms with Crippen LogP contribution >= 0.6 is 11.3 Å². The van der Waals surface area contributed by atoms with E-state index in [9.17, 15) is 9.59 Å². The molecule has 0 saturated heterocycles. The topological polar surface area (TPSA) is 81.3 Å². The van der Waals surface area contributed by atoms with Crippen LogP contribution in [0.5, 0.6) is 0 Å². The molecule has 4 aromatic rings. The minimum absolute atomic E-state index is 0.133. The van der Waals surface area contributed by atoms with E-state index in [0.29, 0.717) is 5.65 Å². The van der Waals surface area contributed by atoms with E-state index < -0.39 is 0 Å². The molecule has 0 saturated carbocycles. The van der Waals surface area contributed by atoms with Gasteiger partial charge in [0.15, 0.2) is 5.65 Å². The first-order valence-electron chi connectivity index (χ1n) is 9.92. The van der Waals surface area contributed by atoms with Gasteiger partial charge in [-0.2, -0.15) is 0 Å². The van der Waals surface area contributed by atoms with E-state index in [1.807, 2.05) is 31.2 Å². The van der Waals surface area contributed by atoms with Gasteiger partial charge in [0, 0.05) is 10.6 Å². The first-order valence-corrected chi connectivity index (χ1v) is 10.7. The molecule has 0 unspecified atom stereocenters. The van der Waals surface area contributed by atoms with Gasteiger partial charge in [-0.05, 0) is 49.3 Å². The van der Waals surface area contributed by atoms with E-state index in [1.165, 1.54) is 32.3 Å². The average molecular weight is 407 g/mol. The number of hydrogen-bond donors (Lipinski definition) is 1. The minimum Gasteiger partial charge on any atom is -0.324 e. The average Bonchev–Trinajstić information content (AvgIpc) is 3.26. The number of carbonyl (C=O) groups is 1. The van der Waals surface area contributed by atoms with Gasteiger partial charge in [-0.15, -0.1) is 16.4 Å². The van der Waals surface area contributed by atoms with E-state index in [0.717, 1.165) is 47.2 Å². The van der Waals surface area contributed by atoms with Crippen molar-refractivity contribution in [3.8, 4) is 0 Å². The lowest BCUT2D eigenvalue weighted by Gasteiger charge is -2.10. The van der Waals surface area contributed by atoms with Crippen LogP contribution in [0.1, 0.15) is 35.8 Å². The number of hydrogen-bond acceptors (Lipinski definition) is 5. The molecule has 8 heteroatoms. The standard InChI is InChI=1S/C21H21N5O2S/c1-2-13-7-3-5-9-15(13)23-17(27)11-26-21(28)25-12-22-20-18(19(25)24-26)14-8-4-6-10-16(14)29-20/h3,5,7,9,12H,2,4,6,8,10-11H2,1H3,(H,23,27). The van der Waals surface area contributed by atoms with Crippen molar-refractivity contribution in [2.45, 2.75) is 45.6 Å². The normalized spacial score (nSPS) is 13.7. The third kappa shape index (κ3) is 3.04. The number of carbonyl (C=O) groups excluding carboxylic acids is 1. The second-order valence-electron chi connectivity index (χ2n) is 7.33. The second-order valence-corrected chi connectivity index (χ2v) is 8.41.